The van der Waals surface area contributed by atoms with Crippen molar-refractivity contribution in [3.05, 3.63) is 30.0 Å². The number of hydrogen-bond acceptors (Lipinski definition) is 3. The second-order valence-corrected chi connectivity index (χ2v) is 5.09. The van der Waals surface area contributed by atoms with Crippen LogP contribution in [0.3, 0.4) is 0 Å². The fourth-order valence-electron chi connectivity index (χ4n) is 1.48. The molecular formula is C11H15N3S. The van der Waals surface area contributed by atoms with Crippen molar-refractivity contribution in [3.63, 3.8) is 0 Å². The molecule has 0 bridgehead atoms. The first-order valence-corrected chi connectivity index (χ1v) is 5.80. The maximum Gasteiger partial charge on any atom is 0.0956 e. The average Bonchev–Trinajstić information content (AvgIpc) is 2.87. The number of hydrogen-bond donors (Lipinski definition) is 1. The van der Waals surface area contributed by atoms with E-state index in [-0.39, 0.29) is 5.54 Å². The molecule has 2 N–H and O–H groups in total. The van der Waals surface area contributed by atoms with Crippen LogP contribution in [-0.2, 0) is 5.54 Å². The summed E-state index contributed by atoms with van der Waals surface area (Å²) in [5.41, 5.74) is 6.83. The molecule has 80 valence electrons. The van der Waals surface area contributed by atoms with E-state index < -0.39 is 0 Å². The van der Waals surface area contributed by atoms with E-state index in [1.165, 1.54) is 4.88 Å². The Bertz CT molecular complexity index is 428. The maximum absolute atomic E-state index is 5.77. The third-order valence-corrected chi connectivity index (χ3v) is 3.46. The molecule has 2 heterocycles. The van der Waals surface area contributed by atoms with Crippen LogP contribution in [0.1, 0.15) is 13.8 Å². The lowest BCUT2D eigenvalue weighted by Gasteiger charge is -2.26. The zero-order valence-electron chi connectivity index (χ0n) is 8.97. The Morgan fingerprint density at radius 1 is 1.53 bits per heavy atom. The molecule has 0 radical (unpaired) electrons. The van der Waals surface area contributed by atoms with Crippen molar-refractivity contribution >= 4 is 11.3 Å². The molecule has 0 aromatic carbocycles. The molecule has 0 aliphatic carbocycles. The van der Waals surface area contributed by atoms with Crippen molar-refractivity contribution in [1.29, 1.82) is 0 Å². The van der Waals surface area contributed by atoms with Gasteiger partial charge in [0.2, 0.25) is 0 Å². The topological polar surface area (TPSA) is 43.8 Å². The number of thiophene rings is 1. The monoisotopic (exact) mass is 221 g/mol. The summed E-state index contributed by atoms with van der Waals surface area (Å²) in [6.07, 6.45) is 3.74. The molecule has 0 fully saturated rings. The Hall–Kier alpha value is -1.13. The van der Waals surface area contributed by atoms with Gasteiger partial charge in [-0.15, -0.1) is 11.3 Å². The lowest BCUT2D eigenvalue weighted by atomic mass is 10.1. The van der Waals surface area contributed by atoms with E-state index in [0.717, 1.165) is 5.69 Å². The minimum Gasteiger partial charge on any atom is -0.328 e. The van der Waals surface area contributed by atoms with E-state index in [0.29, 0.717) is 6.54 Å². The number of nitrogens with two attached hydrogens (primary N) is 1. The van der Waals surface area contributed by atoms with Gasteiger partial charge in [0.05, 0.1) is 28.6 Å². The molecule has 0 spiro atoms. The molecule has 2 rings (SSSR count). The average molecular weight is 221 g/mol. The summed E-state index contributed by atoms with van der Waals surface area (Å²) in [4.78, 5) is 5.44. The van der Waals surface area contributed by atoms with Gasteiger partial charge in [-0.3, -0.25) is 0 Å². The van der Waals surface area contributed by atoms with Crippen molar-refractivity contribution in [1.82, 2.24) is 9.55 Å². The molecule has 0 amide bonds. The summed E-state index contributed by atoms with van der Waals surface area (Å²) in [5.74, 6) is 0. The molecule has 0 atom stereocenters. The van der Waals surface area contributed by atoms with E-state index in [4.69, 9.17) is 5.73 Å². The van der Waals surface area contributed by atoms with E-state index in [9.17, 15) is 0 Å². The summed E-state index contributed by atoms with van der Waals surface area (Å²) in [6.45, 7) is 4.83. The predicted octanol–water partition coefficient (Wildman–Crippen LogP) is 2.31. The number of rotatable bonds is 3. The Balaban J connectivity index is 2.47. The third kappa shape index (κ3) is 1.82. The molecular weight excluding hydrogens is 206 g/mol. The van der Waals surface area contributed by atoms with E-state index in [1.54, 1.807) is 11.3 Å². The summed E-state index contributed by atoms with van der Waals surface area (Å²) in [7, 11) is 0. The molecule has 0 unspecified atom stereocenters. The van der Waals surface area contributed by atoms with Crippen LogP contribution >= 0.6 is 11.3 Å². The summed E-state index contributed by atoms with van der Waals surface area (Å²) in [6, 6.07) is 4.15. The third-order valence-electron chi connectivity index (χ3n) is 2.56. The van der Waals surface area contributed by atoms with Crippen molar-refractivity contribution < 1.29 is 0 Å². The van der Waals surface area contributed by atoms with Gasteiger partial charge in [0.25, 0.3) is 0 Å². The van der Waals surface area contributed by atoms with E-state index in [1.807, 2.05) is 18.6 Å². The second kappa shape index (κ2) is 3.79. The van der Waals surface area contributed by atoms with Gasteiger partial charge >= 0.3 is 0 Å². The number of nitrogens with zero attached hydrogens (tertiary/aromatic N) is 2. The Labute approximate surface area is 93.6 Å². The SMILES string of the molecule is CC(C)(CN)n1cncc1-c1cccs1. The van der Waals surface area contributed by atoms with Gasteiger partial charge < -0.3 is 10.3 Å². The summed E-state index contributed by atoms with van der Waals surface area (Å²) < 4.78 is 2.14. The first-order valence-electron chi connectivity index (χ1n) is 4.92. The quantitative estimate of drug-likeness (QED) is 0.864. The van der Waals surface area contributed by atoms with Crippen LogP contribution in [0.4, 0.5) is 0 Å². The normalized spacial score (nSPS) is 11.9. The van der Waals surface area contributed by atoms with Crippen LogP contribution in [0.25, 0.3) is 10.6 Å². The first-order chi connectivity index (χ1) is 7.15. The van der Waals surface area contributed by atoms with Gasteiger partial charge in [-0.2, -0.15) is 0 Å². The fourth-order valence-corrected chi connectivity index (χ4v) is 2.22. The van der Waals surface area contributed by atoms with E-state index in [2.05, 4.69) is 34.8 Å². The Morgan fingerprint density at radius 3 is 2.93 bits per heavy atom. The standard InChI is InChI=1S/C11H15N3S/c1-11(2,7-12)14-8-13-6-9(14)10-4-3-5-15-10/h3-6,8H,7,12H2,1-2H3. The van der Waals surface area contributed by atoms with Crippen LogP contribution in [-0.4, -0.2) is 16.1 Å². The highest BCUT2D eigenvalue weighted by Crippen LogP contribution is 2.28. The highest BCUT2D eigenvalue weighted by molar-refractivity contribution is 7.13. The van der Waals surface area contributed by atoms with Gasteiger partial charge in [0, 0.05) is 6.54 Å². The zero-order valence-corrected chi connectivity index (χ0v) is 9.79. The smallest absolute Gasteiger partial charge is 0.0956 e. The Morgan fingerprint density at radius 2 is 2.33 bits per heavy atom. The van der Waals surface area contributed by atoms with Gasteiger partial charge in [-0.1, -0.05) is 6.07 Å². The van der Waals surface area contributed by atoms with E-state index >= 15 is 0 Å². The minimum absolute atomic E-state index is 0.0875. The molecule has 0 aliphatic heterocycles. The number of aromatic nitrogens is 2. The van der Waals surface area contributed by atoms with Crippen molar-refractivity contribution in [2.24, 2.45) is 5.73 Å². The van der Waals surface area contributed by atoms with Crippen molar-refractivity contribution in [3.8, 4) is 10.6 Å². The van der Waals surface area contributed by atoms with Crippen LogP contribution in [0.2, 0.25) is 0 Å². The summed E-state index contributed by atoms with van der Waals surface area (Å²) >= 11 is 1.72. The van der Waals surface area contributed by atoms with Gasteiger partial charge in [0.15, 0.2) is 0 Å². The maximum atomic E-state index is 5.77. The van der Waals surface area contributed by atoms with Crippen LogP contribution in [0, 0.1) is 0 Å². The van der Waals surface area contributed by atoms with Crippen molar-refractivity contribution in [2.45, 2.75) is 19.4 Å². The van der Waals surface area contributed by atoms with Crippen molar-refractivity contribution in [2.75, 3.05) is 6.54 Å². The highest BCUT2D eigenvalue weighted by Gasteiger charge is 2.21. The van der Waals surface area contributed by atoms with Crippen LogP contribution in [0.5, 0.6) is 0 Å². The predicted molar refractivity (Wildman–Crippen MR) is 63.9 cm³/mol. The zero-order chi connectivity index (χ0) is 10.9. The minimum atomic E-state index is -0.0875. The molecule has 0 saturated carbocycles. The first kappa shape index (κ1) is 10.4. The molecule has 3 nitrogen and oxygen atoms in total. The molecule has 2 aromatic heterocycles. The highest BCUT2D eigenvalue weighted by atomic mass is 32.1. The van der Waals surface area contributed by atoms with Crippen LogP contribution in [0.15, 0.2) is 30.0 Å². The molecule has 0 aliphatic rings. The molecule has 4 heteroatoms. The van der Waals surface area contributed by atoms with Gasteiger partial charge in [-0.25, -0.2) is 4.98 Å². The number of imidazole rings is 1. The molecule has 0 saturated heterocycles. The fraction of sp³-hybridized carbons (Fsp3) is 0.364. The lowest BCUT2D eigenvalue weighted by Crippen LogP contribution is -2.34. The van der Waals surface area contributed by atoms with Gasteiger partial charge in [0.1, 0.15) is 0 Å². The Kier molecular flexibility index (Phi) is 2.63. The lowest BCUT2D eigenvalue weighted by molar-refractivity contribution is 0.370. The molecule has 2 aromatic rings. The molecule has 15 heavy (non-hydrogen) atoms. The van der Waals surface area contributed by atoms with Crippen LogP contribution < -0.4 is 5.73 Å². The second-order valence-electron chi connectivity index (χ2n) is 4.14. The van der Waals surface area contributed by atoms with Gasteiger partial charge in [-0.05, 0) is 25.3 Å². The largest absolute Gasteiger partial charge is 0.328 e. The summed E-state index contributed by atoms with van der Waals surface area (Å²) in [5, 5.41) is 2.07.